The predicted octanol–water partition coefficient (Wildman–Crippen LogP) is 2.17. The van der Waals surface area contributed by atoms with Crippen molar-refractivity contribution in [1.82, 2.24) is 19.9 Å². The van der Waals surface area contributed by atoms with Crippen molar-refractivity contribution in [3.8, 4) is 5.75 Å². The standard InChI is InChI=1S/C13H11N5O/c1-19-10-4-2-3-9(7-10)18-13-11-12(16-8-17-13)15-6-5-14-11/h2-8H,1H3,(H,15,16,17,18). The number of nitrogens with zero attached hydrogens (tertiary/aromatic N) is 4. The Morgan fingerprint density at radius 2 is 1.95 bits per heavy atom. The van der Waals surface area contributed by atoms with Crippen LogP contribution in [0.2, 0.25) is 0 Å². The van der Waals surface area contributed by atoms with E-state index in [0.717, 1.165) is 11.4 Å². The minimum Gasteiger partial charge on any atom is -0.497 e. The first kappa shape index (κ1) is 11.3. The van der Waals surface area contributed by atoms with Gasteiger partial charge in [0.1, 0.15) is 12.1 Å². The maximum Gasteiger partial charge on any atom is 0.183 e. The van der Waals surface area contributed by atoms with Gasteiger partial charge >= 0.3 is 0 Å². The minimum atomic E-state index is 0.558. The lowest BCUT2D eigenvalue weighted by molar-refractivity contribution is 0.415. The molecule has 0 spiro atoms. The SMILES string of the molecule is COc1cccc(Nc2ncnc3nccnc23)c1. The molecule has 0 amide bonds. The Bertz CT molecular complexity index is 711. The van der Waals surface area contributed by atoms with Crippen LogP contribution in [-0.2, 0) is 0 Å². The number of fused-ring (bicyclic) bond motifs is 1. The molecule has 2 heterocycles. The first-order chi connectivity index (χ1) is 9.36. The van der Waals surface area contributed by atoms with E-state index in [2.05, 4.69) is 25.3 Å². The lowest BCUT2D eigenvalue weighted by Gasteiger charge is -2.08. The number of benzene rings is 1. The molecule has 3 aromatic rings. The van der Waals surface area contributed by atoms with Gasteiger partial charge in [0, 0.05) is 24.1 Å². The quantitative estimate of drug-likeness (QED) is 0.771. The van der Waals surface area contributed by atoms with Gasteiger partial charge < -0.3 is 10.1 Å². The third-order valence-corrected chi connectivity index (χ3v) is 2.60. The van der Waals surface area contributed by atoms with Gasteiger partial charge in [-0.25, -0.2) is 19.9 Å². The second-order valence-corrected chi connectivity index (χ2v) is 3.81. The zero-order valence-corrected chi connectivity index (χ0v) is 10.2. The highest BCUT2D eigenvalue weighted by Gasteiger charge is 2.06. The van der Waals surface area contributed by atoms with Gasteiger partial charge in [-0.1, -0.05) is 6.07 Å². The summed E-state index contributed by atoms with van der Waals surface area (Å²) in [5.74, 6) is 1.39. The topological polar surface area (TPSA) is 72.8 Å². The van der Waals surface area contributed by atoms with Crippen LogP contribution in [0.4, 0.5) is 11.5 Å². The maximum absolute atomic E-state index is 5.18. The second-order valence-electron chi connectivity index (χ2n) is 3.81. The molecule has 0 bridgehead atoms. The van der Waals surface area contributed by atoms with E-state index in [9.17, 15) is 0 Å². The zero-order valence-electron chi connectivity index (χ0n) is 10.2. The molecule has 0 unspecified atom stereocenters. The molecule has 0 radical (unpaired) electrons. The maximum atomic E-state index is 5.18. The van der Waals surface area contributed by atoms with E-state index in [1.54, 1.807) is 19.5 Å². The fourth-order valence-corrected chi connectivity index (χ4v) is 1.72. The molecule has 0 fully saturated rings. The van der Waals surface area contributed by atoms with E-state index >= 15 is 0 Å². The molecule has 0 aliphatic carbocycles. The molecule has 2 aromatic heterocycles. The van der Waals surface area contributed by atoms with Crippen LogP contribution in [0.15, 0.2) is 43.0 Å². The monoisotopic (exact) mass is 253 g/mol. The van der Waals surface area contributed by atoms with Gasteiger partial charge in [0.15, 0.2) is 17.0 Å². The van der Waals surface area contributed by atoms with E-state index in [-0.39, 0.29) is 0 Å². The number of ether oxygens (including phenoxy) is 1. The molecule has 0 saturated heterocycles. The summed E-state index contributed by atoms with van der Waals surface area (Å²) in [6, 6.07) is 7.58. The van der Waals surface area contributed by atoms with E-state index in [4.69, 9.17) is 4.74 Å². The smallest absolute Gasteiger partial charge is 0.183 e. The molecule has 19 heavy (non-hydrogen) atoms. The normalized spacial score (nSPS) is 10.4. The van der Waals surface area contributed by atoms with Crippen LogP contribution in [0.1, 0.15) is 0 Å². The first-order valence-electron chi connectivity index (χ1n) is 5.69. The predicted molar refractivity (Wildman–Crippen MR) is 71.4 cm³/mol. The molecule has 1 N–H and O–H groups in total. The average molecular weight is 253 g/mol. The van der Waals surface area contributed by atoms with Gasteiger partial charge in [-0.05, 0) is 12.1 Å². The van der Waals surface area contributed by atoms with E-state index < -0.39 is 0 Å². The molecule has 94 valence electrons. The Balaban J connectivity index is 2.01. The summed E-state index contributed by atoms with van der Waals surface area (Å²) in [5.41, 5.74) is 2.06. The fraction of sp³-hybridized carbons (Fsp3) is 0.0769. The van der Waals surface area contributed by atoms with Crippen LogP contribution in [-0.4, -0.2) is 27.0 Å². The van der Waals surface area contributed by atoms with Gasteiger partial charge in [-0.2, -0.15) is 0 Å². The number of rotatable bonds is 3. The Kier molecular flexibility index (Phi) is 2.89. The Hall–Kier alpha value is -2.76. The van der Waals surface area contributed by atoms with Crippen molar-refractivity contribution in [2.24, 2.45) is 0 Å². The van der Waals surface area contributed by atoms with Gasteiger partial charge in [-0.3, -0.25) is 0 Å². The van der Waals surface area contributed by atoms with Crippen molar-refractivity contribution in [2.75, 3.05) is 12.4 Å². The highest BCUT2D eigenvalue weighted by Crippen LogP contribution is 2.22. The molecular formula is C13H11N5O. The highest BCUT2D eigenvalue weighted by atomic mass is 16.5. The van der Waals surface area contributed by atoms with Crippen molar-refractivity contribution in [1.29, 1.82) is 0 Å². The Morgan fingerprint density at radius 3 is 2.84 bits per heavy atom. The third kappa shape index (κ3) is 2.28. The van der Waals surface area contributed by atoms with Crippen molar-refractivity contribution < 1.29 is 4.74 Å². The Labute approximate surface area is 109 Å². The molecule has 0 saturated carbocycles. The highest BCUT2D eigenvalue weighted by molar-refractivity contribution is 5.84. The molecule has 1 aromatic carbocycles. The summed E-state index contributed by atoms with van der Waals surface area (Å²) in [6.45, 7) is 0. The lowest BCUT2D eigenvalue weighted by Crippen LogP contribution is -1.98. The summed E-state index contributed by atoms with van der Waals surface area (Å²) >= 11 is 0. The van der Waals surface area contributed by atoms with Crippen LogP contribution in [0.5, 0.6) is 5.75 Å². The Morgan fingerprint density at radius 1 is 1.05 bits per heavy atom. The van der Waals surface area contributed by atoms with Crippen LogP contribution in [0, 0.1) is 0 Å². The number of methoxy groups -OCH3 is 1. The van der Waals surface area contributed by atoms with Crippen LogP contribution >= 0.6 is 0 Å². The van der Waals surface area contributed by atoms with E-state index in [0.29, 0.717) is 17.0 Å². The third-order valence-electron chi connectivity index (χ3n) is 2.60. The number of hydrogen-bond donors (Lipinski definition) is 1. The molecule has 6 nitrogen and oxygen atoms in total. The zero-order chi connectivity index (χ0) is 13.1. The molecule has 0 aliphatic rings. The van der Waals surface area contributed by atoms with Gasteiger partial charge in [0.25, 0.3) is 0 Å². The van der Waals surface area contributed by atoms with Crippen LogP contribution < -0.4 is 10.1 Å². The van der Waals surface area contributed by atoms with Crippen molar-refractivity contribution >= 4 is 22.7 Å². The average Bonchev–Trinajstić information content (AvgIpc) is 2.48. The van der Waals surface area contributed by atoms with E-state index in [1.165, 1.54) is 6.33 Å². The molecule has 0 atom stereocenters. The molecule has 6 heteroatoms. The first-order valence-corrected chi connectivity index (χ1v) is 5.69. The number of hydrogen-bond acceptors (Lipinski definition) is 6. The molecule has 3 rings (SSSR count). The van der Waals surface area contributed by atoms with E-state index in [1.807, 2.05) is 24.3 Å². The summed E-state index contributed by atoms with van der Waals surface area (Å²) in [5, 5.41) is 3.19. The van der Waals surface area contributed by atoms with Gasteiger partial charge in [0.2, 0.25) is 0 Å². The molecular weight excluding hydrogens is 242 g/mol. The van der Waals surface area contributed by atoms with Gasteiger partial charge in [0.05, 0.1) is 7.11 Å². The minimum absolute atomic E-state index is 0.558. The molecule has 0 aliphatic heterocycles. The summed E-state index contributed by atoms with van der Waals surface area (Å²) < 4.78 is 5.18. The van der Waals surface area contributed by atoms with Crippen molar-refractivity contribution in [3.05, 3.63) is 43.0 Å². The van der Waals surface area contributed by atoms with Crippen molar-refractivity contribution in [2.45, 2.75) is 0 Å². The summed E-state index contributed by atoms with van der Waals surface area (Å²) in [7, 11) is 1.63. The van der Waals surface area contributed by atoms with Crippen LogP contribution in [0.3, 0.4) is 0 Å². The second kappa shape index (κ2) is 4.85. The lowest BCUT2D eigenvalue weighted by atomic mass is 10.3. The number of nitrogens with one attached hydrogen (secondary N) is 1. The summed E-state index contributed by atoms with van der Waals surface area (Å²) in [4.78, 5) is 16.6. The van der Waals surface area contributed by atoms with Crippen molar-refractivity contribution in [3.63, 3.8) is 0 Å². The number of aromatic nitrogens is 4. The van der Waals surface area contributed by atoms with Gasteiger partial charge in [-0.15, -0.1) is 0 Å². The van der Waals surface area contributed by atoms with Crippen LogP contribution in [0.25, 0.3) is 11.2 Å². The fourth-order valence-electron chi connectivity index (χ4n) is 1.72. The summed E-state index contributed by atoms with van der Waals surface area (Å²) in [6.07, 6.45) is 4.67. The largest absolute Gasteiger partial charge is 0.497 e. The number of anilines is 2.